The van der Waals surface area contributed by atoms with Crippen molar-refractivity contribution in [1.82, 2.24) is 0 Å². The van der Waals surface area contributed by atoms with Gasteiger partial charge in [-0.2, -0.15) is 0 Å². The fraction of sp³-hybridized carbons (Fsp3) is 0.909. The molecule has 3 atom stereocenters. The molecule has 88 valence electrons. The summed E-state index contributed by atoms with van der Waals surface area (Å²) in [5.74, 6) is -0.330. The lowest BCUT2D eigenvalue weighted by Gasteiger charge is -2.27. The molecule has 4 nitrogen and oxygen atoms in total. The molecule has 1 rings (SSSR count). The van der Waals surface area contributed by atoms with Gasteiger partial charge < -0.3 is 14.6 Å². The zero-order chi connectivity index (χ0) is 11.3. The van der Waals surface area contributed by atoms with Crippen molar-refractivity contribution in [2.45, 2.75) is 32.3 Å². The maximum absolute atomic E-state index is 11.2. The van der Waals surface area contributed by atoms with E-state index in [9.17, 15) is 9.90 Å². The summed E-state index contributed by atoms with van der Waals surface area (Å²) in [6.45, 7) is 3.17. The number of carbonyl (C=O) groups is 1. The molecule has 4 heteroatoms. The van der Waals surface area contributed by atoms with E-state index in [0.29, 0.717) is 13.0 Å². The highest BCUT2D eigenvalue weighted by atomic mass is 16.5. The summed E-state index contributed by atoms with van der Waals surface area (Å²) in [4.78, 5) is 11.2. The van der Waals surface area contributed by atoms with Crippen LogP contribution in [0.2, 0.25) is 0 Å². The van der Waals surface area contributed by atoms with Gasteiger partial charge in [-0.1, -0.05) is 6.92 Å². The van der Waals surface area contributed by atoms with Gasteiger partial charge in [0.25, 0.3) is 0 Å². The van der Waals surface area contributed by atoms with Crippen LogP contribution >= 0.6 is 0 Å². The normalized spacial score (nSPS) is 25.7. The lowest BCUT2D eigenvalue weighted by molar-refractivity contribution is -0.146. The Hall–Kier alpha value is -0.610. The number of hydrogen-bond acceptors (Lipinski definition) is 4. The Balaban J connectivity index is 2.33. The molecule has 0 aliphatic carbocycles. The van der Waals surface area contributed by atoms with Crippen LogP contribution in [-0.4, -0.2) is 37.5 Å². The largest absolute Gasteiger partial charge is 0.469 e. The molecule has 0 aromatic rings. The maximum atomic E-state index is 11.2. The molecule has 0 aromatic carbocycles. The van der Waals surface area contributed by atoms with Crippen molar-refractivity contribution in [3.8, 4) is 0 Å². The Morgan fingerprint density at radius 3 is 2.93 bits per heavy atom. The third kappa shape index (κ3) is 3.80. The zero-order valence-corrected chi connectivity index (χ0v) is 9.44. The second kappa shape index (κ2) is 6.08. The number of rotatable bonds is 4. The van der Waals surface area contributed by atoms with Gasteiger partial charge in [0.1, 0.15) is 0 Å². The van der Waals surface area contributed by atoms with Crippen LogP contribution in [0.1, 0.15) is 26.2 Å². The first-order valence-corrected chi connectivity index (χ1v) is 5.48. The Morgan fingerprint density at radius 1 is 1.67 bits per heavy atom. The van der Waals surface area contributed by atoms with Gasteiger partial charge in [-0.25, -0.2) is 0 Å². The molecule has 1 N–H and O–H groups in total. The van der Waals surface area contributed by atoms with Crippen LogP contribution in [0.3, 0.4) is 0 Å². The molecule has 15 heavy (non-hydrogen) atoms. The maximum Gasteiger partial charge on any atom is 0.308 e. The molecule has 0 bridgehead atoms. The molecule has 3 unspecified atom stereocenters. The second-order valence-corrected chi connectivity index (χ2v) is 4.20. The van der Waals surface area contributed by atoms with Gasteiger partial charge in [0.15, 0.2) is 0 Å². The minimum absolute atomic E-state index is 0.172. The summed E-state index contributed by atoms with van der Waals surface area (Å²) < 4.78 is 9.91. The van der Waals surface area contributed by atoms with Gasteiger partial charge in [-0.15, -0.1) is 0 Å². The van der Waals surface area contributed by atoms with Gasteiger partial charge in [0.2, 0.25) is 0 Å². The molecule has 1 saturated heterocycles. The molecule has 0 radical (unpaired) electrons. The number of carbonyl (C=O) groups excluding carboxylic acids is 1. The fourth-order valence-corrected chi connectivity index (χ4v) is 1.92. The van der Waals surface area contributed by atoms with Crippen molar-refractivity contribution in [2.24, 2.45) is 11.8 Å². The average molecular weight is 216 g/mol. The minimum atomic E-state index is -0.459. The molecule has 1 fully saturated rings. The summed E-state index contributed by atoms with van der Waals surface area (Å²) in [7, 11) is 1.37. The predicted octanol–water partition coefficient (Wildman–Crippen LogP) is 0.973. The first kappa shape index (κ1) is 12.5. The van der Waals surface area contributed by atoms with E-state index in [-0.39, 0.29) is 17.8 Å². The van der Waals surface area contributed by atoms with E-state index in [2.05, 4.69) is 4.74 Å². The molecule has 1 aliphatic heterocycles. The summed E-state index contributed by atoms with van der Waals surface area (Å²) in [6, 6.07) is 0. The number of hydrogen-bond donors (Lipinski definition) is 1. The smallest absolute Gasteiger partial charge is 0.308 e. The van der Waals surface area contributed by atoms with Crippen molar-refractivity contribution >= 4 is 5.97 Å². The fourth-order valence-electron chi connectivity index (χ4n) is 1.92. The molecule has 0 amide bonds. The summed E-state index contributed by atoms with van der Waals surface area (Å²) >= 11 is 0. The predicted molar refractivity (Wildman–Crippen MR) is 55.3 cm³/mol. The second-order valence-electron chi connectivity index (χ2n) is 4.20. The van der Waals surface area contributed by atoms with Gasteiger partial charge in [-0.05, 0) is 19.3 Å². The topological polar surface area (TPSA) is 55.8 Å². The van der Waals surface area contributed by atoms with Crippen LogP contribution in [0.5, 0.6) is 0 Å². The van der Waals surface area contributed by atoms with Gasteiger partial charge in [-0.3, -0.25) is 4.79 Å². The van der Waals surface area contributed by atoms with Crippen LogP contribution in [0, 0.1) is 11.8 Å². The van der Waals surface area contributed by atoms with E-state index in [0.717, 1.165) is 19.4 Å². The Labute approximate surface area is 90.6 Å². The van der Waals surface area contributed by atoms with Crippen LogP contribution in [-0.2, 0) is 14.3 Å². The zero-order valence-electron chi connectivity index (χ0n) is 9.44. The quantitative estimate of drug-likeness (QED) is 0.711. The number of aliphatic hydroxyl groups is 1. The van der Waals surface area contributed by atoms with E-state index >= 15 is 0 Å². The molecular formula is C11H20O4. The van der Waals surface area contributed by atoms with E-state index in [1.807, 2.05) is 0 Å². The first-order valence-electron chi connectivity index (χ1n) is 5.48. The van der Waals surface area contributed by atoms with Gasteiger partial charge in [0, 0.05) is 12.5 Å². The lowest BCUT2D eigenvalue weighted by atomic mass is 9.90. The Bertz CT molecular complexity index is 199. The Kier molecular flexibility index (Phi) is 5.05. The van der Waals surface area contributed by atoms with Gasteiger partial charge in [0.05, 0.1) is 25.7 Å². The molecule has 0 saturated carbocycles. The van der Waals surface area contributed by atoms with E-state index in [1.54, 1.807) is 6.92 Å². The molecular weight excluding hydrogens is 196 g/mol. The standard InChI is InChI=1S/C11H20O4/c1-8(11(13)14-2)6-10(12)9-4-3-5-15-7-9/h8-10,12H,3-7H2,1-2H3. The van der Waals surface area contributed by atoms with Crippen molar-refractivity contribution in [1.29, 1.82) is 0 Å². The highest BCUT2D eigenvalue weighted by Gasteiger charge is 2.26. The van der Waals surface area contributed by atoms with Crippen LogP contribution < -0.4 is 0 Å². The van der Waals surface area contributed by atoms with Crippen LogP contribution in [0.25, 0.3) is 0 Å². The van der Waals surface area contributed by atoms with Crippen molar-refractivity contribution < 1.29 is 19.4 Å². The third-order valence-electron chi connectivity index (χ3n) is 2.94. The summed E-state index contributed by atoms with van der Waals surface area (Å²) in [5, 5.41) is 9.90. The van der Waals surface area contributed by atoms with Crippen molar-refractivity contribution in [3.63, 3.8) is 0 Å². The highest BCUT2D eigenvalue weighted by molar-refractivity contribution is 5.71. The van der Waals surface area contributed by atoms with Crippen molar-refractivity contribution in [3.05, 3.63) is 0 Å². The number of ether oxygens (including phenoxy) is 2. The number of esters is 1. The number of methoxy groups -OCH3 is 1. The summed E-state index contributed by atoms with van der Waals surface area (Å²) in [6.07, 6.45) is 1.98. The van der Waals surface area contributed by atoms with Crippen LogP contribution in [0.15, 0.2) is 0 Å². The molecule has 0 spiro atoms. The highest BCUT2D eigenvalue weighted by Crippen LogP contribution is 2.22. The first-order chi connectivity index (χ1) is 7.15. The Morgan fingerprint density at radius 2 is 2.40 bits per heavy atom. The van der Waals surface area contributed by atoms with Crippen LogP contribution in [0.4, 0.5) is 0 Å². The molecule has 1 aliphatic rings. The monoisotopic (exact) mass is 216 g/mol. The SMILES string of the molecule is COC(=O)C(C)CC(O)C1CCCOC1. The molecule has 1 heterocycles. The van der Waals surface area contributed by atoms with E-state index in [1.165, 1.54) is 7.11 Å². The third-order valence-corrected chi connectivity index (χ3v) is 2.94. The molecule has 0 aromatic heterocycles. The summed E-state index contributed by atoms with van der Waals surface area (Å²) in [5.41, 5.74) is 0. The van der Waals surface area contributed by atoms with E-state index < -0.39 is 6.10 Å². The number of aliphatic hydroxyl groups excluding tert-OH is 1. The average Bonchev–Trinajstić information content (AvgIpc) is 2.29. The lowest BCUT2D eigenvalue weighted by Crippen LogP contribution is -2.31. The minimum Gasteiger partial charge on any atom is -0.469 e. The van der Waals surface area contributed by atoms with Gasteiger partial charge >= 0.3 is 5.97 Å². The van der Waals surface area contributed by atoms with E-state index in [4.69, 9.17) is 4.74 Å². The van der Waals surface area contributed by atoms with Crippen molar-refractivity contribution in [2.75, 3.05) is 20.3 Å².